The summed E-state index contributed by atoms with van der Waals surface area (Å²) < 4.78 is 1.88. The van der Waals surface area contributed by atoms with Crippen LogP contribution in [0, 0.1) is 5.92 Å². The minimum atomic E-state index is -0.926. The van der Waals surface area contributed by atoms with E-state index < -0.39 is 17.9 Å². The van der Waals surface area contributed by atoms with Gasteiger partial charge in [-0.3, -0.25) is 9.59 Å². The molecule has 7 nitrogen and oxygen atoms in total. The maximum atomic E-state index is 11.8. The average Bonchev–Trinajstić information content (AvgIpc) is 2.83. The summed E-state index contributed by atoms with van der Waals surface area (Å²) in [5, 5.41) is 20.0. The predicted molar refractivity (Wildman–Crippen MR) is 75.5 cm³/mol. The van der Waals surface area contributed by atoms with Gasteiger partial charge < -0.3 is 15.0 Å². The monoisotopic (exact) mass is 300 g/mol. The molecule has 0 fully saturated rings. The van der Waals surface area contributed by atoms with Crippen LogP contribution in [0.25, 0.3) is 0 Å². The summed E-state index contributed by atoms with van der Waals surface area (Å²) in [6.45, 7) is 7.25. The van der Waals surface area contributed by atoms with Crippen molar-refractivity contribution in [3.05, 3.63) is 6.33 Å². The Balaban J connectivity index is 2.47. The first kappa shape index (κ1) is 16.5. The average molecular weight is 300 g/mol. The van der Waals surface area contributed by atoms with Crippen LogP contribution in [-0.4, -0.2) is 43.5 Å². The fraction of sp³-hybridized carbons (Fsp3) is 0.667. The molecule has 0 radical (unpaired) electrons. The standard InChI is InChI=1S/C12H20N4O3S/c1-7(2)16-6-13-15-12(16)20-5-10(17)14-9(4)8(3)11(18)19/h6-9H,5H2,1-4H3,(H,14,17)(H,18,19). The molecule has 0 aromatic carbocycles. The van der Waals surface area contributed by atoms with Crippen molar-refractivity contribution in [2.24, 2.45) is 5.92 Å². The Morgan fingerprint density at radius 3 is 2.60 bits per heavy atom. The van der Waals surface area contributed by atoms with Crippen LogP contribution >= 0.6 is 11.8 Å². The number of rotatable bonds is 7. The van der Waals surface area contributed by atoms with Gasteiger partial charge in [-0.1, -0.05) is 11.8 Å². The number of aliphatic carboxylic acids is 1. The molecular weight excluding hydrogens is 280 g/mol. The normalized spacial score (nSPS) is 14.1. The van der Waals surface area contributed by atoms with Crippen LogP contribution in [0.15, 0.2) is 11.5 Å². The van der Waals surface area contributed by atoms with Gasteiger partial charge in [0.2, 0.25) is 5.91 Å². The van der Waals surface area contributed by atoms with Crippen molar-refractivity contribution in [3.63, 3.8) is 0 Å². The van der Waals surface area contributed by atoms with E-state index in [1.165, 1.54) is 11.8 Å². The van der Waals surface area contributed by atoms with E-state index in [-0.39, 0.29) is 17.7 Å². The second-order valence-electron chi connectivity index (χ2n) is 4.89. The van der Waals surface area contributed by atoms with Crippen molar-refractivity contribution < 1.29 is 14.7 Å². The topological polar surface area (TPSA) is 97.1 Å². The summed E-state index contributed by atoms with van der Waals surface area (Å²) in [4.78, 5) is 22.6. The van der Waals surface area contributed by atoms with E-state index in [9.17, 15) is 9.59 Å². The highest BCUT2D eigenvalue weighted by atomic mass is 32.2. The third-order valence-corrected chi connectivity index (χ3v) is 3.91. The molecule has 0 spiro atoms. The van der Waals surface area contributed by atoms with Gasteiger partial charge in [-0.25, -0.2) is 0 Å². The maximum Gasteiger partial charge on any atom is 0.308 e. The first-order chi connectivity index (χ1) is 9.32. The van der Waals surface area contributed by atoms with Crippen molar-refractivity contribution in [1.82, 2.24) is 20.1 Å². The lowest BCUT2D eigenvalue weighted by molar-refractivity contribution is -0.142. The van der Waals surface area contributed by atoms with Gasteiger partial charge >= 0.3 is 5.97 Å². The van der Waals surface area contributed by atoms with Crippen LogP contribution in [-0.2, 0) is 9.59 Å². The molecule has 1 aromatic rings. The van der Waals surface area contributed by atoms with Crippen LogP contribution < -0.4 is 5.32 Å². The van der Waals surface area contributed by atoms with E-state index in [2.05, 4.69) is 15.5 Å². The van der Waals surface area contributed by atoms with Crippen LogP contribution in [0.2, 0.25) is 0 Å². The lowest BCUT2D eigenvalue weighted by Crippen LogP contribution is -2.40. The minimum Gasteiger partial charge on any atom is -0.481 e. The fourth-order valence-electron chi connectivity index (χ4n) is 1.45. The minimum absolute atomic E-state index is 0.183. The lowest BCUT2D eigenvalue weighted by atomic mass is 10.0. The largest absolute Gasteiger partial charge is 0.481 e. The molecule has 2 atom stereocenters. The van der Waals surface area contributed by atoms with E-state index in [4.69, 9.17) is 5.11 Å². The number of carbonyl (C=O) groups excluding carboxylic acids is 1. The maximum absolute atomic E-state index is 11.8. The van der Waals surface area contributed by atoms with Crippen molar-refractivity contribution in [2.75, 3.05) is 5.75 Å². The molecule has 8 heteroatoms. The Labute approximate surface area is 122 Å². The van der Waals surface area contributed by atoms with Gasteiger partial charge in [-0.05, 0) is 27.7 Å². The quantitative estimate of drug-likeness (QED) is 0.734. The second-order valence-corrected chi connectivity index (χ2v) is 5.83. The van der Waals surface area contributed by atoms with Gasteiger partial charge in [0.05, 0.1) is 11.7 Å². The van der Waals surface area contributed by atoms with Gasteiger partial charge in [-0.2, -0.15) is 0 Å². The molecule has 0 aliphatic rings. The molecule has 1 rings (SSSR count). The third-order valence-electron chi connectivity index (χ3n) is 2.96. The molecule has 0 bridgehead atoms. The van der Waals surface area contributed by atoms with E-state index in [1.54, 1.807) is 20.2 Å². The number of hydrogen-bond acceptors (Lipinski definition) is 5. The Kier molecular flexibility index (Phi) is 6.00. The van der Waals surface area contributed by atoms with Crippen LogP contribution in [0.3, 0.4) is 0 Å². The molecule has 1 aromatic heterocycles. The highest BCUT2D eigenvalue weighted by Crippen LogP contribution is 2.18. The highest BCUT2D eigenvalue weighted by Gasteiger charge is 2.21. The van der Waals surface area contributed by atoms with Gasteiger partial charge in [0.15, 0.2) is 5.16 Å². The second kappa shape index (κ2) is 7.28. The molecule has 112 valence electrons. The summed E-state index contributed by atoms with van der Waals surface area (Å²) in [5.74, 6) is -1.58. The SMILES string of the molecule is CC(NC(=O)CSc1nncn1C(C)C)C(C)C(=O)O. The smallest absolute Gasteiger partial charge is 0.308 e. The number of aromatic nitrogens is 3. The number of carbonyl (C=O) groups is 2. The molecule has 0 aliphatic heterocycles. The van der Waals surface area contributed by atoms with E-state index >= 15 is 0 Å². The molecule has 0 saturated carbocycles. The predicted octanol–water partition coefficient (Wildman–Crippen LogP) is 1.18. The van der Waals surface area contributed by atoms with Gasteiger partial charge in [0.25, 0.3) is 0 Å². The molecular formula is C12H20N4O3S. The molecule has 0 saturated heterocycles. The van der Waals surface area contributed by atoms with E-state index in [0.717, 1.165) is 0 Å². The molecule has 0 aliphatic carbocycles. The van der Waals surface area contributed by atoms with Crippen molar-refractivity contribution in [3.8, 4) is 0 Å². The number of carboxylic acid groups (broad SMARTS) is 1. The fourth-order valence-corrected chi connectivity index (χ4v) is 2.31. The first-order valence-electron chi connectivity index (χ1n) is 6.37. The zero-order chi connectivity index (χ0) is 15.3. The van der Waals surface area contributed by atoms with Crippen LogP contribution in [0.1, 0.15) is 33.7 Å². The molecule has 1 heterocycles. The number of carboxylic acids is 1. The Morgan fingerprint density at radius 1 is 1.40 bits per heavy atom. The van der Waals surface area contributed by atoms with Crippen LogP contribution in [0.4, 0.5) is 0 Å². The molecule has 2 unspecified atom stereocenters. The van der Waals surface area contributed by atoms with Gasteiger partial charge in [-0.15, -0.1) is 10.2 Å². The van der Waals surface area contributed by atoms with Gasteiger partial charge in [0.1, 0.15) is 6.33 Å². The first-order valence-corrected chi connectivity index (χ1v) is 7.36. The van der Waals surface area contributed by atoms with Crippen LogP contribution in [0.5, 0.6) is 0 Å². The Hall–Kier alpha value is -1.57. The summed E-state index contributed by atoms with van der Waals surface area (Å²) in [7, 11) is 0. The summed E-state index contributed by atoms with van der Waals surface area (Å²) >= 11 is 1.28. The van der Waals surface area contributed by atoms with Crippen molar-refractivity contribution >= 4 is 23.6 Å². The third kappa shape index (κ3) is 4.52. The van der Waals surface area contributed by atoms with Gasteiger partial charge in [0, 0.05) is 12.1 Å². The van der Waals surface area contributed by atoms with Crippen molar-refractivity contribution in [1.29, 1.82) is 0 Å². The zero-order valence-corrected chi connectivity index (χ0v) is 12.8. The molecule has 1 amide bonds. The van der Waals surface area contributed by atoms with E-state index in [1.807, 2.05) is 18.4 Å². The zero-order valence-electron chi connectivity index (χ0n) is 12.0. The number of hydrogen-bond donors (Lipinski definition) is 2. The number of thioether (sulfide) groups is 1. The Bertz CT molecular complexity index is 475. The number of nitrogens with zero attached hydrogens (tertiary/aromatic N) is 3. The summed E-state index contributed by atoms with van der Waals surface area (Å²) in [6.07, 6.45) is 1.63. The Morgan fingerprint density at radius 2 is 2.05 bits per heavy atom. The molecule has 2 N–H and O–H groups in total. The lowest BCUT2D eigenvalue weighted by Gasteiger charge is -2.17. The summed E-state index contributed by atoms with van der Waals surface area (Å²) in [5.41, 5.74) is 0. The number of amides is 1. The summed E-state index contributed by atoms with van der Waals surface area (Å²) in [6, 6.07) is -0.190. The molecule has 20 heavy (non-hydrogen) atoms. The van der Waals surface area contributed by atoms with E-state index in [0.29, 0.717) is 5.16 Å². The highest BCUT2D eigenvalue weighted by molar-refractivity contribution is 7.99. The van der Waals surface area contributed by atoms with Crippen molar-refractivity contribution in [2.45, 2.75) is 44.9 Å². The number of nitrogens with one attached hydrogen (secondary N) is 1.